The monoisotopic (exact) mass is 349 g/mol. The molecular weight excluding hydrogens is 322 g/mol. The number of benzene rings is 2. The fourth-order valence-electron chi connectivity index (χ4n) is 3.45. The van der Waals surface area contributed by atoms with Crippen LogP contribution in [0.4, 0.5) is 0 Å². The van der Waals surface area contributed by atoms with Gasteiger partial charge in [0, 0.05) is 18.7 Å². The number of ether oxygens (including phenoxy) is 1. The molecule has 1 heterocycles. The minimum Gasteiger partial charge on any atom is -0.489 e. The number of nitrogens with zero attached hydrogens (tertiary/aromatic N) is 2. The second-order valence-electron chi connectivity index (χ2n) is 6.88. The maximum atomic E-state index is 9.16. The highest BCUT2D eigenvalue weighted by atomic mass is 16.5. The van der Waals surface area contributed by atoms with Crippen molar-refractivity contribution in [2.24, 2.45) is 5.92 Å². The van der Waals surface area contributed by atoms with Crippen molar-refractivity contribution in [2.75, 3.05) is 26.2 Å². The van der Waals surface area contributed by atoms with Gasteiger partial charge >= 0.3 is 0 Å². The Labute approximate surface area is 156 Å². The van der Waals surface area contributed by atoms with Gasteiger partial charge in [0.15, 0.2) is 0 Å². The summed E-state index contributed by atoms with van der Waals surface area (Å²) in [6, 6.07) is 18.0. The second-order valence-corrected chi connectivity index (χ2v) is 6.88. The molecule has 1 saturated heterocycles. The number of nitriles is 1. The molecule has 1 aliphatic heterocycles. The van der Waals surface area contributed by atoms with Gasteiger partial charge in [-0.2, -0.15) is 5.26 Å². The third kappa shape index (κ3) is 5.08. The lowest BCUT2D eigenvalue weighted by Gasteiger charge is -2.14. The van der Waals surface area contributed by atoms with E-state index < -0.39 is 0 Å². The maximum absolute atomic E-state index is 9.16. The third-order valence-corrected chi connectivity index (χ3v) is 5.01. The summed E-state index contributed by atoms with van der Waals surface area (Å²) < 4.78 is 5.90. The highest BCUT2D eigenvalue weighted by Crippen LogP contribution is 2.18. The van der Waals surface area contributed by atoms with Crippen molar-refractivity contribution in [3.8, 4) is 11.8 Å². The average molecular weight is 349 g/mol. The molecule has 0 aromatic heterocycles. The summed E-state index contributed by atoms with van der Waals surface area (Å²) in [7, 11) is 0. The number of hydrogen-bond acceptors (Lipinski definition) is 4. The van der Waals surface area contributed by atoms with Gasteiger partial charge in [0.2, 0.25) is 0 Å². The zero-order chi connectivity index (χ0) is 18.2. The lowest BCUT2D eigenvalue weighted by molar-refractivity contribution is 0.305. The van der Waals surface area contributed by atoms with Crippen LogP contribution in [0.1, 0.15) is 30.0 Å². The van der Waals surface area contributed by atoms with Gasteiger partial charge in [0.1, 0.15) is 12.4 Å². The van der Waals surface area contributed by atoms with Crippen LogP contribution in [0.25, 0.3) is 0 Å². The quantitative estimate of drug-likeness (QED) is 0.791. The van der Waals surface area contributed by atoms with E-state index in [2.05, 4.69) is 35.3 Å². The Bertz CT molecular complexity index is 753. The van der Waals surface area contributed by atoms with Crippen LogP contribution in [-0.4, -0.2) is 31.1 Å². The van der Waals surface area contributed by atoms with Gasteiger partial charge in [0.05, 0.1) is 11.6 Å². The molecule has 1 unspecified atom stereocenters. The smallest absolute Gasteiger partial charge is 0.120 e. The molecule has 3 rings (SSSR count). The lowest BCUT2D eigenvalue weighted by atomic mass is 10.1. The highest BCUT2D eigenvalue weighted by molar-refractivity contribution is 5.37. The van der Waals surface area contributed by atoms with Crippen LogP contribution in [0.5, 0.6) is 5.75 Å². The third-order valence-electron chi connectivity index (χ3n) is 5.01. The van der Waals surface area contributed by atoms with Crippen molar-refractivity contribution in [1.29, 1.82) is 5.26 Å². The first-order valence-corrected chi connectivity index (χ1v) is 9.41. The van der Waals surface area contributed by atoms with E-state index in [0.29, 0.717) is 12.2 Å². The number of rotatable bonds is 8. The molecular formula is C22H27N3O. The van der Waals surface area contributed by atoms with Crippen LogP contribution < -0.4 is 10.1 Å². The standard InChI is InChI=1S/C22H27N3O/c1-2-25-11-10-19(16-25)15-24-14-18-6-5-9-22(12-18)26-17-21-8-4-3-7-20(21)13-23/h3-9,12,19,24H,2,10-11,14-17H2,1H3. The van der Waals surface area contributed by atoms with Gasteiger partial charge in [-0.3, -0.25) is 0 Å². The average Bonchev–Trinajstić information content (AvgIpc) is 3.15. The van der Waals surface area contributed by atoms with Gasteiger partial charge in [-0.25, -0.2) is 0 Å². The van der Waals surface area contributed by atoms with Gasteiger partial charge in [-0.1, -0.05) is 37.3 Å². The zero-order valence-electron chi connectivity index (χ0n) is 15.4. The summed E-state index contributed by atoms with van der Waals surface area (Å²) in [5, 5.41) is 12.7. The van der Waals surface area contributed by atoms with Gasteiger partial charge in [-0.05, 0) is 55.7 Å². The molecule has 1 aliphatic rings. The van der Waals surface area contributed by atoms with Crippen LogP contribution in [0.3, 0.4) is 0 Å². The Balaban J connectivity index is 1.48. The molecule has 0 spiro atoms. The van der Waals surface area contributed by atoms with Crippen LogP contribution in [0.2, 0.25) is 0 Å². The van der Waals surface area contributed by atoms with Crippen molar-refractivity contribution >= 4 is 0 Å². The van der Waals surface area contributed by atoms with Crippen molar-refractivity contribution in [2.45, 2.75) is 26.5 Å². The Morgan fingerprint density at radius 3 is 2.92 bits per heavy atom. The summed E-state index contributed by atoms with van der Waals surface area (Å²) in [6.45, 7) is 8.17. The molecule has 1 N–H and O–H groups in total. The van der Waals surface area contributed by atoms with Crippen molar-refractivity contribution < 1.29 is 4.74 Å². The minimum atomic E-state index is 0.412. The highest BCUT2D eigenvalue weighted by Gasteiger charge is 2.20. The summed E-state index contributed by atoms with van der Waals surface area (Å²) in [6.07, 6.45) is 1.29. The number of nitrogens with one attached hydrogen (secondary N) is 1. The summed E-state index contributed by atoms with van der Waals surface area (Å²) >= 11 is 0. The largest absolute Gasteiger partial charge is 0.489 e. The van der Waals surface area contributed by atoms with E-state index in [1.54, 1.807) is 0 Å². The first kappa shape index (κ1) is 18.4. The summed E-state index contributed by atoms with van der Waals surface area (Å²) in [5.74, 6) is 1.60. The van der Waals surface area contributed by atoms with Crippen molar-refractivity contribution in [3.63, 3.8) is 0 Å². The van der Waals surface area contributed by atoms with E-state index in [-0.39, 0.29) is 0 Å². The molecule has 2 aromatic carbocycles. The first-order chi connectivity index (χ1) is 12.8. The van der Waals surface area contributed by atoms with E-state index in [1.807, 2.05) is 36.4 Å². The Hall–Kier alpha value is -2.35. The van der Waals surface area contributed by atoms with E-state index >= 15 is 0 Å². The predicted octanol–water partition coefficient (Wildman–Crippen LogP) is 3.57. The SMILES string of the molecule is CCN1CCC(CNCc2cccc(OCc3ccccc3C#N)c2)C1. The molecule has 2 aromatic rings. The molecule has 0 aliphatic carbocycles. The van der Waals surface area contributed by atoms with Crippen LogP contribution >= 0.6 is 0 Å². The predicted molar refractivity (Wildman–Crippen MR) is 104 cm³/mol. The Morgan fingerprint density at radius 1 is 1.23 bits per heavy atom. The molecule has 26 heavy (non-hydrogen) atoms. The topological polar surface area (TPSA) is 48.3 Å². The normalized spacial score (nSPS) is 17.2. The number of hydrogen-bond donors (Lipinski definition) is 1. The summed E-state index contributed by atoms with van der Waals surface area (Å²) in [4.78, 5) is 2.51. The van der Waals surface area contributed by atoms with E-state index in [1.165, 1.54) is 25.1 Å². The molecule has 4 heteroatoms. The van der Waals surface area contributed by atoms with Crippen LogP contribution in [-0.2, 0) is 13.2 Å². The van der Waals surface area contributed by atoms with E-state index in [0.717, 1.165) is 36.9 Å². The van der Waals surface area contributed by atoms with Gasteiger partial charge < -0.3 is 15.0 Å². The zero-order valence-corrected chi connectivity index (χ0v) is 15.4. The van der Waals surface area contributed by atoms with Crippen LogP contribution in [0, 0.1) is 17.2 Å². The summed E-state index contributed by atoms with van der Waals surface area (Å²) in [5.41, 5.74) is 2.81. The molecule has 0 saturated carbocycles. The molecule has 136 valence electrons. The number of likely N-dealkylation sites (tertiary alicyclic amines) is 1. The lowest BCUT2D eigenvalue weighted by Crippen LogP contribution is -2.26. The molecule has 0 bridgehead atoms. The molecule has 1 atom stereocenters. The van der Waals surface area contributed by atoms with Crippen molar-refractivity contribution in [1.82, 2.24) is 10.2 Å². The fourth-order valence-corrected chi connectivity index (χ4v) is 3.45. The molecule has 0 amide bonds. The maximum Gasteiger partial charge on any atom is 0.120 e. The molecule has 0 radical (unpaired) electrons. The fraction of sp³-hybridized carbons (Fsp3) is 0.409. The van der Waals surface area contributed by atoms with E-state index in [9.17, 15) is 0 Å². The Morgan fingerprint density at radius 2 is 2.12 bits per heavy atom. The molecule has 4 nitrogen and oxygen atoms in total. The Kier molecular flexibility index (Phi) is 6.65. The molecule has 1 fully saturated rings. The first-order valence-electron chi connectivity index (χ1n) is 9.41. The van der Waals surface area contributed by atoms with E-state index in [4.69, 9.17) is 10.00 Å². The van der Waals surface area contributed by atoms with Gasteiger partial charge in [0.25, 0.3) is 0 Å². The second kappa shape index (κ2) is 9.38. The van der Waals surface area contributed by atoms with Crippen molar-refractivity contribution in [3.05, 3.63) is 65.2 Å². The van der Waals surface area contributed by atoms with Crippen LogP contribution in [0.15, 0.2) is 48.5 Å². The van der Waals surface area contributed by atoms with Gasteiger partial charge in [-0.15, -0.1) is 0 Å². The minimum absolute atomic E-state index is 0.412.